The van der Waals surface area contributed by atoms with Crippen LogP contribution in [0, 0.1) is 0 Å². The molecule has 2 saturated heterocycles. The molecule has 66 heavy (non-hydrogen) atoms. The van der Waals surface area contributed by atoms with Crippen LogP contribution in [0.5, 0.6) is 5.75 Å². The lowest BCUT2D eigenvalue weighted by molar-refractivity contribution is 0.0706. The average Bonchev–Trinajstić information content (AvgIpc) is 3.31. The Balaban J connectivity index is 1.16. The lowest BCUT2D eigenvalue weighted by Gasteiger charge is -2.32. The Bertz CT molecular complexity index is 2160. The SMILES string of the molecule is CN1CCN(C)CCN(C(=O)c2cc(C(=O)NCCOCCNC(=O)c3cc4ccccc4c4ccccc34)cc(C(=O)N3CCN(C)CCN(C)CCN(C)CC3)c2O)CCN(C)CC1. The van der Waals surface area contributed by atoms with E-state index in [0.717, 1.165) is 73.9 Å². The van der Waals surface area contributed by atoms with Crippen molar-refractivity contribution in [2.45, 2.75) is 0 Å². The van der Waals surface area contributed by atoms with Crippen molar-refractivity contribution in [2.24, 2.45) is 0 Å². The molecule has 16 heteroatoms. The van der Waals surface area contributed by atoms with E-state index < -0.39 is 23.5 Å². The van der Waals surface area contributed by atoms with Gasteiger partial charge in [0.2, 0.25) is 0 Å². The summed E-state index contributed by atoms with van der Waals surface area (Å²) in [6, 6.07) is 20.6. The monoisotopic (exact) mass is 909 g/mol. The highest BCUT2D eigenvalue weighted by atomic mass is 16.5. The lowest BCUT2D eigenvalue weighted by atomic mass is 9.97. The minimum Gasteiger partial charge on any atom is -0.506 e. The van der Waals surface area contributed by atoms with Gasteiger partial charge in [-0.3, -0.25) is 19.2 Å². The third-order valence-corrected chi connectivity index (χ3v) is 12.9. The van der Waals surface area contributed by atoms with Crippen LogP contribution in [0.15, 0.2) is 66.7 Å². The number of rotatable bonds is 10. The van der Waals surface area contributed by atoms with Gasteiger partial charge in [0.05, 0.1) is 24.3 Å². The van der Waals surface area contributed by atoms with E-state index in [1.807, 2.05) is 76.7 Å². The molecule has 4 aromatic rings. The number of hydrogen-bond acceptors (Lipinski definition) is 12. The number of aromatic hydroxyl groups is 1. The zero-order valence-electron chi connectivity index (χ0n) is 40.1. The highest BCUT2D eigenvalue weighted by Crippen LogP contribution is 2.30. The van der Waals surface area contributed by atoms with E-state index in [1.54, 1.807) is 9.80 Å². The number of benzene rings is 4. The van der Waals surface area contributed by atoms with Gasteiger partial charge < -0.3 is 59.7 Å². The van der Waals surface area contributed by atoms with Crippen molar-refractivity contribution in [1.82, 2.24) is 49.8 Å². The lowest BCUT2D eigenvalue weighted by Crippen LogP contribution is -2.45. The summed E-state index contributed by atoms with van der Waals surface area (Å²) in [6.07, 6.45) is 0. The predicted molar refractivity (Wildman–Crippen MR) is 262 cm³/mol. The maximum atomic E-state index is 14.6. The van der Waals surface area contributed by atoms with Crippen LogP contribution in [-0.4, -0.2) is 241 Å². The van der Waals surface area contributed by atoms with Gasteiger partial charge in [0, 0.05) is 129 Å². The second-order valence-electron chi connectivity index (χ2n) is 18.1. The Labute approximate surface area is 391 Å². The zero-order chi connectivity index (χ0) is 47.2. The van der Waals surface area contributed by atoms with E-state index in [0.29, 0.717) is 57.9 Å². The first-order valence-electron chi connectivity index (χ1n) is 23.4. The molecular weight excluding hydrogens is 837 g/mol. The smallest absolute Gasteiger partial charge is 0.257 e. The van der Waals surface area contributed by atoms with Crippen LogP contribution in [-0.2, 0) is 4.74 Å². The highest BCUT2D eigenvalue weighted by molar-refractivity contribution is 6.17. The first kappa shape index (κ1) is 50.2. The van der Waals surface area contributed by atoms with Crippen LogP contribution < -0.4 is 10.6 Å². The minimum atomic E-state index is -0.507. The second-order valence-corrected chi connectivity index (χ2v) is 18.1. The number of nitrogens with one attached hydrogen (secondary N) is 2. The van der Waals surface area contributed by atoms with Gasteiger partial charge in [-0.2, -0.15) is 0 Å². The van der Waals surface area contributed by atoms with Gasteiger partial charge in [0.25, 0.3) is 23.6 Å². The summed E-state index contributed by atoms with van der Waals surface area (Å²) in [6.45, 7) is 11.8. The van der Waals surface area contributed by atoms with Crippen molar-refractivity contribution >= 4 is 45.2 Å². The van der Waals surface area contributed by atoms with Crippen molar-refractivity contribution in [3.05, 3.63) is 89.0 Å². The van der Waals surface area contributed by atoms with Gasteiger partial charge >= 0.3 is 0 Å². The fraction of sp³-hybridized carbons (Fsp3) is 0.520. The van der Waals surface area contributed by atoms with Crippen LogP contribution in [0.4, 0.5) is 0 Å². The van der Waals surface area contributed by atoms with Gasteiger partial charge in [-0.1, -0.05) is 48.5 Å². The molecule has 0 atom stereocenters. The summed E-state index contributed by atoms with van der Waals surface area (Å²) in [7, 11) is 12.4. The van der Waals surface area contributed by atoms with Crippen molar-refractivity contribution in [1.29, 1.82) is 0 Å². The Kier molecular flexibility index (Phi) is 18.7. The largest absolute Gasteiger partial charge is 0.506 e. The molecule has 3 N–H and O–H groups in total. The molecule has 0 unspecified atom stereocenters. The number of likely N-dealkylation sites (N-methyl/N-ethyl adjacent to an activating group) is 6. The minimum absolute atomic E-state index is 0.0825. The van der Waals surface area contributed by atoms with Crippen molar-refractivity contribution in [3.8, 4) is 5.75 Å². The molecule has 4 aromatic carbocycles. The molecule has 0 spiro atoms. The number of ether oxygens (including phenoxy) is 1. The van der Waals surface area contributed by atoms with Crippen LogP contribution in [0.25, 0.3) is 21.5 Å². The quantitative estimate of drug-likeness (QED) is 0.159. The molecule has 2 aliphatic rings. The molecule has 6 rings (SSSR count). The van der Waals surface area contributed by atoms with Crippen molar-refractivity contribution in [2.75, 3.05) is 173 Å². The zero-order valence-corrected chi connectivity index (χ0v) is 40.1. The third-order valence-electron chi connectivity index (χ3n) is 12.9. The highest BCUT2D eigenvalue weighted by Gasteiger charge is 2.29. The van der Waals surface area contributed by atoms with Gasteiger partial charge in [0.1, 0.15) is 5.75 Å². The molecule has 358 valence electrons. The summed E-state index contributed by atoms with van der Waals surface area (Å²) in [5.74, 6) is -2.01. The van der Waals surface area contributed by atoms with Crippen molar-refractivity contribution in [3.63, 3.8) is 0 Å². The Morgan fingerprint density at radius 3 is 1.27 bits per heavy atom. The van der Waals surface area contributed by atoms with Gasteiger partial charge in [-0.05, 0) is 82.0 Å². The Hall–Kier alpha value is -5.20. The molecule has 16 nitrogen and oxygen atoms in total. The maximum Gasteiger partial charge on any atom is 0.257 e. The van der Waals surface area contributed by atoms with Crippen LogP contribution in [0.2, 0.25) is 0 Å². The molecule has 4 amide bonds. The van der Waals surface area contributed by atoms with E-state index in [-0.39, 0.29) is 48.9 Å². The topological polar surface area (TPSA) is 148 Å². The summed E-state index contributed by atoms with van der Waals surface area (Å²) < 4.78 is 5.82. The summed E-state index contributed by atoms with van der Waals surface area (Å²) in [5.41, 5.74) is 0.516. The Morgan fingerprint density at radius 1 is 0.470 bits per heavy atom. The van der Waals surface area contributed by atoms with Crippen molar-refractivity contribution < 1.29 is 29.0 Å². The third kappa shape index (κ3) is 13.9. The summed E-state index contributed by atoms with van der Waals surface area (Å²) in [5, 5.41) is 21.8. The maximum absolute atomic E-state index is 14.6. The number of fused-ring (bicyclic) bond motifs is 3. The van der Waals surface area contributed by atoms with E-state index in [4.69, 9.17) is 4.74 Å². The predicted octanol–water partition coefficient (Wildman–Crippen LogP) is 2.38. The number of phenols is 1. The van der Waals surface area contributed by atoms with Crippen LogP contribution in [0.3, 0.4) is 0 Å². The Morgan fingerprint density at radius 2 is 0.833 bits per heavy atom. The van der Waals surface area contributed by atoms with Crippen LogP contribution in [0.1, 0.15) is 41.4 Å². The number of nitrogens with zero attached hydrogens (tertiary/aromatic N) is 8. The summed E-state index contributed by atoms with van der Waals surface area (Å²) >= 11 is 0. The van der Waals surface area contributed by atoms with Gasteiger partial charge in [-0.15, -0.1) is 0 Å². The molecule has 0 radical (unpaired) electrons. The molecule has 0 aliphatic carbocycles. The average molecular weight is 909 g/mol. The fourth-order valence-corrected chi connectivity index (χ4v) is 8.28. The van der Waals surface area contributed by atoms with E-state index in [2.05, 4.69) is 60.2 Å². The normalized spacial score (nSPS) is 18.3. The second kappa shape index (κ2) is 24.5. The van der Waals surface area contributed by atoms with Gasteiger partial charge in [0.15, 0.2) is 0 Å². The summed E-state index contributed by atoms with van der Waals surface area (Å²) in [4.78, 5) is 73.3. The van der Waals surface area contributed by atoms with Crippen LogP contribution >= 0.6 is 0 Å². The van der Waals surface area contributed by atoms with Gasteiger partial charge in [-0.25, -0.2) is 0 Å². The molecule has 2 fully saturated rings. The standard InChI is InChI=1S/C50H72N10O6/c1-53-17-21-55(3)25-29-59(30-26-56(4)22-18-53)49(64)44-36-39(37-45(46(44)61)50(65)60-31-27-57(5)23-19-54(2)20-24-58(6)28-32-60)47(62)51-15-33-66-34-16-52-48(63)43-35-38-11-7-8-12-40(38)41-13-9-10-14-42(41)43/h7-14,35-37,61H,15-34H2,1-6H3,(H,51,62)(H,52,63). The molecular formula is C50H72N10O6. The van der Waals surface area contributed by atoms with E-state index >= 15 is 0 Å². The van der Waals surface area contributed by atoms with E-state index in [9.17, 15) is 24.3 Å². The molecule has 2 heterocycles. The first-order chi connectivity index (χ1) is 31.8. The molecule has 2 aliphatic heterocycles. The molecule has 0 aromatic heterocycles. The number of carbonyl (C=O) groups is 4. The fourth-order valence-electron chi connectivity index (χ4n) is 8.28. The first-order valence-corrected chi connectivity index (χ1v) is 23.4. The molecule has 0 saturated carbocycles. The van der Waals surface area contributed by atoms with E-state index in [1.165, 1.54) is 12.1 Å². The number of phenolic OH excluding ortho intramolecular Hbond substituents is 1. The number of amides is 4. The number of carbonyl (C=O) groups excluding carboxylic acids is 4. The number of hydrogen-bond donors (Lipinski definition) is 3. The molecule has 0 bridgehead atoms.